The molecule has 0 saturated heterocycles. The number of hydrogen-bond acceptors (Lipinski definition) is 4. The molecule has 4 nitrogen and oxygen atoms in total. The van der Waals surface area contributed by atoms with Gasteiger partial charge in [-0.25, -0.2) is 0 Å². The number of nitrogens with one attached hydrogen (secondary N) is 1. The average Bonchev–Trinajstić information content (AvgIpc) is 2.35. The summed E-state index contributed by atoms with van der Waals surface area (Å²) in [5.41, 5.74) is 7.31. The number of rotatable bonds is 7. The Kier molecular flexibility index (Phi) is 6.01. The van der Waals surface area contributed by atoms with Crippen molar-refractivity contribution in [3.8, 4) is 5.75 Å². The lowest BCUT2D eigenvalue weighted by molar-refractivity contribution is 0.347. The molecule has 0 heterocycles. The maximum Gasteiger partial charge on any atom is 0.130 e. The highest BCUT2D eigenvalue weighted by atomic mass is 32.2. The summed E-state index contributed by atoms with van der Waals surface area (Å²) in [6, 6.07) is 5.79. The van der Waals surface area contributed by atoms with Crippen LogP contribution in [0.15, 0.2) is 18.2 Å². The van der Waals surface area contributed by atoms with Gasteiger partial charge in [0.05, 0.1) is 12.7 Å². The van der Waals surface area contributed by atoms with Crippen LogP contribution < -0.4 is 10.5 Å². The van der Waals surface area contributed by atoms with Crippen LogP contribution in [0.2, 0.25) is 0 Å². The van der Waals surface area contributed by atoms with Gasteiger partial charge in [0.15, 0.2) is 0 Å². The van der Waals surface area contributed by atoms with Gasteiger partial charge in [0.25, 0.3) is 0 Å². The molecule has 5 heteroatoms. The van der Waals surface area contributed by atoms with E-state index in [1.54, 1.807) is 7.11 Å². The topological polar surface area (TPSA) is 62.3 Å². The summed E-state index contributed by atoms with van der Waals surface area (Å²) >= 11 is 1.84. The molecule has 0 spiro atoms. The molecule has 0 bridgehead atoms. The quantitative estimate of drug-likeness (QED) is 0.584. The summed E-state index contributed by atoms with van der Waals surface area (Å²) in [6.45, 7) is 1.92. The van der Waals surface area contributed by atoms with Gasteiger partial charge < -0.3 is 15.4 Å². The van der Waals surface area contributed by atoms with E-state index in [-0.39, 0.29) is 5.84 Å². The number of benzene rings is 1. The van der Waals surface area contributed by atoms with Crippen molar-refractivity contribution in [1.82, 2.24) is 4.90 Å². The molecule has 0 saturated carbocycles. The Bertz CT molecular complexity index is 409. The van der Waals surface area contributed by atoms with Gasteiger partial charge >= 0.3 is 0 Å². The van der Waals surface area contributed by atoms with Gasteiger partial charge in [-0.15, -0.1) is 0 Å². The Balaban J connectivity index is 2.76. The zero-order valence-corrected chi connectivity index (χ0v) is 12.0. The third kappa shape index (κ3) is 4.23. The van der Waals surface area contributed by atoms with E-state index in [2.05, 4.69) is 18.2 Å². The molecule has 0 aliphatic carbocycles. The van der Waals surface area contributed by atoms with Gasteiger partial charge in [-0.05, 0) is 31.0 Å². The van der Waals surface area contributed by atoms with Crippen LogP contribution in [0.4, 0.5) is 0 Å². The SMILES string of the molecule is COc1cc(CN(C)CCSC)ccc1C(=N)N. The summed E-state index contributed by atoms with van der Waals surface area (Å²) < 4.78 is 5.27. The van der Waals surface area contributed by atoms with Crippen LogP contribution >= 0.6 is 11.8 Å². The van der Waals surface area contributed by atoms with E-state index in [1.165, 1.54) is 5.56 Å². The molecule has 18 heavy (non-hydrogen) atoms. The van der Waals surface area contributed by atoms with Crippen LogP contribution in [0.3, 0.4) is 0 Å². The summed E-state index contributed by atoms with van der Waals surface area (Å²) in [7, 11) is 3.70. The number of amidine groups is 1. The van der Waals surface area contributed by atoms with Gasteiger partial charge in [0.2, 0.25) is 0 Å². The summed E-state index contributed by atoms with van der Waals surface area (Å²) in [4.78, 5) is 2.26. The zero-order valence-electron chi connectivity index (χ0n) is 11.2. The first-order chi connectivity index (χ1) is 8.58. The Hall–Kier alpha value is -1.20. The third-order valence-electron chi connectivity index (χ3n) is 2.69. The van der Waals surface area contributed by atoms with Gasteiger partial charge in [-0.2, -0.15) is 11.8 Å². The number of thioether (sulfide) groups is 1. The zero-order chi connectivity index (χ0) is 13.5. The van der Waals surface area contributed by atoms with E-state index in [9.17, 15) is 0 Å². The Morgan fingerprint density at radius 2 is 2.22 bits per heavy atom. The van der Waals surface area contributed by atoms with Crippen molar-refractivity contribution < 1.29 is 4.74 Å². The average molecular weight is 267 g/mol. The van der Waals surface area contributed by atoms with E-state index in [0.29, 0.717) is 11.3 Å². The number of nitrogens with zero attached hydrogens (tertiary/aromatic N) is 1. The molecule has 0 radical (unpaired) electrons. The van der Waals surface area contributed by atoms with Gasteiger partial charge in [-0.3, -0.25) is 5.41 Å². The van der Waals surface area contributed by atoms with Crippen LogP contribution in [0.5, 0.6) is 5.75 Å². The highest BCUT2D eigenvalue weighted by molar-refractivity contribution is 7.98. The number of methoxy groups -OCH3 is 1. The van der Waals surface area contributed by atoms with E-state index in [4.69, 9.17) is 15.9 Å². The molecule has 1 rings (SSSR count). The second kappa shape index (κ2) is 7.28. The van der Waals surface area contributed by atoms with Crippen LogP contribution in [0.25, 0.3) is 0 Å². The fourth-order valence-corrected chi connectivity index (χ4v) is 2.19. The number of nitrogen functional groups attached to an aromatic ring is 1. The van der Waals surface area contributed by atoms with Crippen molar-refractivity contribution in [3.05, 3.63) is 29.3 Å². The number of nitrogens with two attached hydrogens (primary N) is 1. The third-order valence-corrected chi connectivity index (χ3v) is 3.28. The number of ether oxygens (including phenoxy) is 1. The van der Waals surface area contributed by atoms with Crippen molar-refractivity contribution in [2.45, 2.75) is 6.54 Å². The first-order valence-electron chi connectivity index (χ1n) is 5.77. The predicted molar refractivity (Wildman–Crippen MR) is 78.7 cm³/mol. The number of hydrogen-bond donors (Lipinski definition) is 2. The molecular formula is C13H21N3OS. The first kappa shape index (κ1) is 14.9. The second-order valence-corrected chi connectivity index (χ2v) is 5.16. The van der Waals surface area contributed by atoms with Crippen LogP contribution in [-0.2, 0) is 6.54 Å². The summed E-state index contributed by atoms with van der Waals surface area (Å²) in [6.07, 6.45) is 2.11. The maximum absolute atomic E-state index is 7.47. The Morgan fingerprint density at radius 3 is 2.78 bits per heavy atom. The van der Waals surface area contributed by atoms with E-state index in [0.717, 1.165) is 18.8 Å². The van der Waals surface area contributed by atoms with Gasteiger partial charge in [0.1, 0.15) is 11.6 Å². The van der Waals surface area contributed by atoms with Crippen molar-refractivity contribution >= 4 is 17.6 Å². The van der Waals surface area contributed by atoms with Gasteiger partial charge in [-0.1, -0.05) is 6.07 Å². The van der Waals surface area contributed by atoms with Crippen molar-refractivity contribution in [1.29, 1.82) is 5.41 Å². The molecule has 1 aromatic carbocycles. The fraction of sp³-hybridized carbons (Fsp3) is 0.462. The van der Waals surface area contributed by atoms with Crippen molar-refractivity contribution in [2.24, 2.45) is 5.73 Å². The summed E-state index contributed by atoms with van der Waals surface area (Å²) in [5, 5.41) is 7.47. The highest BCUT2D eigenvalue weighted by Gasteiger charge is 2.08. The molecule has 0 fully saturated rings. The Morgan fingerprint density at radius 1 is 1.50 bits per heavy atom. The Labute approximate surface area is 113 Å². The van der Waals surface area contributed by atoms with Crippen LogP contribution in [-0.4, -0.2) is 43.4 Å². The minimum absolute atomic E-state index is 0.0362. The normalized spacial score (nSPS) is 10.7. The highest BCUT2D eigenvalue weighted by Crippen LogP contribution is 2.20. The second-order valence-electron chi connectivity index (χ2n) is 4.18. The molecular weight excluding hydrogens is 246 g/mol. The molecule has 1 aromatic rings. The van der Waals surface area contributed by atoms with Crippen LogP contribution in [0.1, 0.15) is 11.1 Å². The standard InChI is InChI=1S/C13H21N3OS/c1-16(6-7-18-3)9-10-4-5-11(13(14)15)12(8-10)17-2/h4-5,8H,6-7,9H2,1-3H3,(H3,14,15). The minimum Gasteiger partial charge on any atom is -0.496 e. The van der Waals surface area contributed by atoms with Gasteiger partial charge in [0, 0.05) is 18.8 Å². The lowest BCUT2D eigenvalue weighted by atomic mass is 10.1. The molecule has 0 aromatic heterocycles. The fourth-order valence-electron chi connectivity index (χ4n) is 1.69. The van der Waals surface area contributed by atoms with Crippen molar-refractivity contribution in [2.75, 3.05) is 32.7 Å². The monoisotopic (exact) mass is 267 g/mol. The predicted octanol–water partition coefficient (Wildman–Crippen LogP) is 1.77. The van der Waals surface area contributed by atoms with E-state index in [1.807, 2.05) is 30.0 Å². The molecule has 0 atom stereocenters. The van der Waals surface area contributed by atoms with E-state index >= 15 is 0 Å². The van der Waals surface area contributed by atoms with Crippen LogP contribution in [0, 0.1) is 5.41 Å². The molecule has 0 amide bonds. The minimum atomic E-state index is 0.0362. The van der Waals surface area contributed by atoms with Crippen molar-refractivity contribution in [3.63, 3.8) is 0 Å². The first-order valence-corrected chi connectivity index (χ1v) is 7.16. The molecule has 0 aliphatic rings. The van der Waals surface area contributed by atoms with E-state index < -0.39 is 0 Å². The molecule has 3 N–H and O–H groups in total. The lowest BCUT2D eigenvalue weighted by Gasteiger charge is -2.17. The largest absolute Gasteiger partial charge is 0.496 e. The molecule has 100 valence electrons. The maximum atomic E-state index is 7.47. The smallest absolute Gasteiger partial charge is 0.130 e. The molecule has 0 aliphatic heterocycles. The summed E-state index contributed by atoms with van der Waals surface area (Å²) in [5.74, 6) is 1.83. The lowest BCUT2D eigenvalue weighted by Crippen LogP contribution is -2.21. The molecule has 0 unspecified atom stereocenters.